The van der Waals surface area contributed by atoms with Crippen LogP contribution >= 0.6 is 0 Å². The molecule has 0 bridgehead atoms. The molecule has 2 aromatic rings. The van der Waals surface area contributed by atoms with Crippen LogP contribution in [0.4, 0.5) is 5.69 Å². The zero-order valence-corrected chi connectivity index (χ0v) is 14.9. The molecular weight excluding hydrogens is 332 g/mol. The highest BCUT2D eigenvalue weighted by Crippen LogP contribution is 2.17. The molecule has 1 amide bonds. The van der Waals surface area contributed by atoms with Gasteiger partial charge in [0.15, 0.2) is 12.7 Å². The Hall–Kier alpha value is -3.33. The molecule has 0 radical (unpaired) electrons. The number of nitriles is 1. The number of hydrogen-bond donors (Lipinski definition) is 1. The Bertz CT molecular complexity index is 855. The first kappa shape index (κ1) is 19.0. The Morgan fingerprint density at radius 1 is 1.15 bits per heavy atom. The van der Waals surface area contributed by atoms with E-state index in [4.69, 9.17) is 14.7 Å². The van der Waals surface area contributed by atoms with Crippen molar-refractivity contribution in [2.45, 2.75) is 26.9 Å². The van der Waals surface area contributed by atoms with Crippen molar-refractivity contribution in [3.63, 3.8) is 0 Å². The van der Waals surface area contributed by atoms with E-state index in [1.54, 1.807) is 30.3 Å². The lowest BCUT2D eigenvalue weighted by Crippen LogP contribution is -2.31. The number of esters is 1. The van der Waals surface area contributed by atoms with E-state index in [1.165, 1.54) is 6.92 Å². The van der Waals surface area contributed by atoms with Crippen LogP contribution in [0.2, 0.25) is 0 Å². The Morgan fingerprint density at radius 3 is 2.58 bits per heavy atom. The van der Waals surface area contributed by atoms with Crippen molar-refractivity contribution in [2.75, 3.05) is 11.9 Å². The number of hydrogen-bond acceptors (Lipinski definition) is 5. The van der Waals surface area contributed by atoms with Gasteiger partial charge in [0.2, 0.25) is 0 Å². The largest absolute Gasteiger partial charge is 0.482 e. The van der Waals surface area contributed by atoms with E-state index >= 15 is 0 Å². The van der Waals surface area contributed by atoms with Gasteiger partial charge in [0.05, 0.1) is 11.3 Å². The molecule has 0 fully saturated rings. The van der Waals surface area contributed by atoms with E-state index in [2.05, 4.69) is 5.32 Å². The van der Waals surface area contributed by atoms with Gasteiger partial charge in [-0.1, -0.05) is 18.2 Å². The van der Waals surface area contributed by atoms with Crippen LogP contribution in [-0.4, -0.2) is 24.6 Å². The van der Waals surface area contributed by atoms with Crippen molar-refractivity contribution >= 4 is 17.6 Å². The number of anilines is 1. The summed E-state index contributed by atoms with van der Waals surface area (Å²) in [6.45, 7) is 5.09. The fourth-order valence-corrected chi connectivity index (χ4v) is 2.15. The molecular formula is C20H20N2O4. The first-order valence-electron chi connectivity index (χ1n) is 8.10. The number of nitrogens with zero attached hydrogens (tertiary/aromatic N) is 1. The van der Waals surface area contributed by atoms with E-state index in [9.17, 15) is 9.59 Å². The molecule has 0 saturated heterocycles. The Balaban J connectivity index is 1.87. The summed E-state index contributed by atoms with van der Waals surface area (Å²) in [4.78, 5) is 24.0. The average molecular weight is 352 g/mol. The number of nitrogens with one attached hydrogen (secondary N) is 1. The van der Waals surface area contributed by atoms with Crippen molar-refractivity contribution in [2.24, 2.45) is 0 Å². The van der Waals surface area contributed by atoms with E-state index < -0.39 is 18.0 Å². The maximum Gasteiger partial charge on any atom is 0.344 e. The molecule has 0 heterocycles. The molecule has 1 N–H and O–H groups in total. The number of aryl methyl sites for hydroxylation is 2. The van der Waals surface area contributed by atoms with Crippen LogP contribution in [0.5, 0.6) is 5.75 Å². The average Bonchev–Trinajstić information content (AvgIpc) is 2.63. The third kappa shape index (κ3) is 5.08. The van der Waals surface area contributed by atoms with Gasteiger partial charge < -0.3 is 14.8 Å². The van der Waals surface area contributed by atoms with Crippen molar-refractivity contribution in [3.8, 4) is 11.8 Å². The Kier molecular flexibility index (Phi) is 6.34. The van der Waals surface area contributed by atoms with Crippen molar-refractivity contribution in [1.29, 1.82) is 5.26 Å². The van der Waals surface area contributed by atoms with Gasteiger partial charge >= 0.3 is 5.97 Å². The quantitative estimate of drug-likeness (QED) is 0.807. The fraction of sp³-hybridized carbons (Fsp3) is 0.250. The van der Waals surface area contributed by atoms with Gasteiger partial charge in [-0.25, -0.2) is 4.79 Å². The van der Waals surface area contributed by atoms with Crippen LogP contribution in [0, 0.1) is 25.2 Å². The van der Waals surface area contributed by atoms with Crippen LogP contribution in [0.15, 0.2) is 42.5 Å². The highest BCUT2D eigenvalue weighted by Gasteiger charge is 2.19. The summed E-state index contributed by atoms with van der Waals surface area (Å²) in [5.74, 6) is -0.614. The molecule has 1 atom stereocenters. The Morgan fingerprint density at radius 2 is 1.88 bits per heavy atom. The topological polar surface area (TPSA) is 88.4 Å². The molecule has 6 heteroatoms. The van der Waals surface area contributed by atoms with Crippen LogP contribution in [0.25, 0.3) is 0 Å². The molecule has 2 aromatic carbocycles. The van der Waals surface area contributed by atoms with Gasteiger partial charge in [-0.2, -0.15) is 5.26 Å². The molecule has 0 aliphatic carbocycles. The fourth-order valence-electron chi connectivity index (χ4n) is 2.15. The van der Waals surface area contributed by atoms with Gasteiger partial charge in [-0.3, -0.25) is 4.79 Å². The number of amides is 1. The van der Waals surface area contributed by atoms with Crippen LogP contribution < -0.4 is 10.1 Å². The standard InChI is InChI=1S/C20H20N2O4/c1-13-8-9-17(10-14(13)2)25-12-19(23)26-15(3)20(24)22-18-7-5-4-6-16(18)11-21/h4-10,15H,12H2,1-3H3,(H,22,24). The highest BCUT2D eigenvalue weighted by atomic mass is 16.6. The molecule has 134 valence electrons. The number of benzene rings is 2. The summed E-state index contributed by atoms with van der Waals surface area (Å²) in [7, 11) is 0. The van der Waals surface area contributed by atoms with Crippen LogP contribution in [-0.2, 0) is 14.3 Å². The zero-order valence-electron chi connectivity index (χ0n) is 14.9. The zero-order chi connectivity index (χ0) is 19.1. The third-order valence-corrected chi connectivity index (χ3v) is 3.82. The molecule has 0 aliphatic rings. The lowest BCUT2D eigenvalue weighted by Gasteiger charge is -2.14. The van der Waals surface area contributed by atoms with Crippen molar-refractivity contribution in [1.82, 2.24) is 0 Å². The van der Waals surface area contributed by atoms with E-state index in [0.717, 1.165) is 11.1 Å². The summed E-state index contributed by atoms with van der Waals surface area (Å²) in [6.07, 6.45) is -1.02. The molecule has 0 aromatic heterocycles. The monoisotopic (exact) mass is 352 g/mol. The molecule has 2 rings (SSSR count). The maximum atomic E-state index is 12.1. The Labute approximate surface area is 152 Å². The SMILES string of the molecule is Cc1ccc(OCC(=O)OC(C)C(=O)Nc2ccccc2C#N)cc1C. The molecule has 26 heavy (non-hydrogen) atoms. The molecule has 0 aliphatic heterocycles. The van der Waals surface area contributed by atoms with Crippen molar-refractivity contribution in [3.05, 3.63) is 59.2 Å². The van der Waals surface area contributed by atoms with Crippen molar-refractivity contribution < 1.29 is 19.1 Å². The van der Waals surface area contributed by atoms with Gasteiger partial charge in [-0.15, -0.1) is 0 Å². The van der Waals surface area contributed by atoms with Gasteiger partial charge in [-0.05, 0) is 56.2 Å². The van der Waals surface area contributed by atoms with Gasteiger partial charge in [0, 0.05) is 0 Å². The summed E-state index contributed by atoms with van der Waals surface area (Å²) in [5.41, 5.74) is 2.88. The lowest BCUT2D eigenvalue weighted by molar-refractivity contribution is -0.155. The second kappa shape index (κ2) is 8.67. The summed E-state index contributed by atoms with van der Waals surface area (Å²) in [6, 6.07) is 14.1. The number of carbonyl (C=O) groups is 2. The number of carbonyl (C=O) groups excluding carboxylic acids is 2. The lowest BCUT2D eigenvalue weighted by atomic mass is 10.1. The minimum absolute atomic E-state index is 0.297. The molecule has 1 unspecified atom stereocenters. The predicted molar refractivity (Wildman–Crippen MR) is 96.8 cm³/mol. The van der Waals surface area contributed by atoms with Crippen LogP contribution in [0.3, 0.4) is 0 Å². The normalized spacial score (nSPS) is 11.2. The first-order chi connectivity index (χ1) is 12.4. The molecule has 0 spiro atoms. The van der Waals surface area contributed by atoms with Gasteiger partial charge in [0.1, 0.15) is 11.8 Å². The molecule has 0 saturated carbocycles. The predicted octanol–water partition coefficient (Wildman–Crippen LogP) is 3.12. The molecule has 6 nitrogen and oxygen atoms in total. The minimum Gasteiger partial charge on any atom is -0.482 e. The maximum absolute atomic E-state index is 12.1. The summed E-state index contributed by atoms with van der Waals surface area (Å²) >= 11 is 0. The number of para-hydroxylation sites is 1. The number of rotatable bonds is 6. The van der Waals surface area contributed by atoms with E-state index in [-0.39, 0.29) is 6.61 Å². The smallest absolute Gasteiger partial charge is 0.344 e. The third-order valence-electron chi connectivity index (χ3n) is 3.82. The second-order valence-electron chi connectivity index (χ2n) is 5.81. The number of ether oxygens (including phenoxy) is 2. The summed E-state index contributed by atoms with van der Waals surface area (Å²) < 4.78 is 10.5. The van der Waals surface area contributed by atoms with Crippen LogP contribution in [0.1, 0.15) is 23.6 Å². The van der Waals surface area contributed by atoms with Gasteiger partial charge in [0.25, 0.3) is 5.91 Å². The minimum atomic E-state index is -1.02. The van der Waals surface area contributed by atoms with E-state index in [0.29, 0.717) is 17.0 Å². The highest BCUT2D eigenvalue weighted by molar-refractivity contribution is 5.96. The second-order valence-corrected chi connectivity index (χ2v) is 5.81. The first-order valence-corrected chi connectivity index (χ1v) is 8.10. The van der Waals surface area contributed by atoms with E-state index in [1.807, 2.05) is 32.0 Å². The summed E-state index contributed by atoms with van der Waals surface area (Å²) in [5, 5.41) is 11.6.